The van der Waals surface area contributed by atoms with E-state index in [9.17, 15) is 0 Å². The Morgan fingerprint density at radius 1 is 1.00 bits per heavy atom. The van der Waals surface area contributed by atoms with Gasteiger partial charge in [-0.25, -0.2) is 0 Å². The summed E-state index contributed by atoms with van der Waals surface area (Å²) >= 11 is 5.73. The number of nitrogens with zero attached hydrogens (tertiary/aromatic N) is 1. The van der Waals surface area contributed by atoms with Crippen molar-refractivity contribution in [1.82, 2.24) is 4.23 Å². The van der Waals surface area contributed by atoms with Crippen molar-refractivity contribution in [2.75, 3.05) is 12.4 Å². The lowest BCUT2D eigenvalue weighted by Crippen LogP contribution is -2.55. The number of halogens is 1. The maximum atomic E-state index is 5.73. The Hall–Kier alpha value is 0.684. The fourth-order valence-corrected chi connectivity index (χ4v) is 17.0. The zero-order valence-electron chi connectivity index (χ0n) is 10.1. The number of hydrogen-bond donors (Lipinski definition) is 0. The van der Waals surface area contributed by atoms with Crippen LogP contribution in [0.25, 0.3) is 0 Å². The number of alkyl halides is 1. The molecule has 84 valence electrons. The zero-order chi connectivity index (χ0) is 10.8. The highest BCUT2D eigenvalue weighted by Crippen LogP contribution is 2.36. The molecule has 1 aliphatic rings. The number of hydrogen-bond acceptors (Lipinski definition) is 1. The molecule has 0 spiro atoms. The van der Waals surface area contributed by atoms with E-state index in [4.69, 9.17) is 11.6 Å². The first-order valence-corrected chi connectivity index (χ1v) is 12.6. The van der Waals surface area contributed by atoms with E-state index in [0.29, 0.717) is 0 Å². The van der Waals surface area contributed by atoms with E-state index in [-0.39, 0.29) is 0 Å². The lowest BCUT2D eigenvalue weighted by Gasteiger charge is -2.38. The van der Waals surface area contributed by atoms with Gasteiger partial charge in [0.2, 0.25) is 0 Å². The predicted molar refractivity (Wildman–Crippen MR) is 71.2 cm³/mol. The van der Waals surface area contributed by atoms with Crippen molar-refractivity contribution in [2.45, 2.75) is 51.1 Å². The first-order valence-electron chi connectivity index (χ1n) is 5.74. The zero-order valence-corrected chi connectivity index (χ0v) is 12.8. The van der Waals surface area contributed by atoms with Crippen molar-refractivity contribution in [1.29, 1.82) is 0 Å². The molecule has 0 N–H and O–H groups in total. The fraction of sp³-hybridized carbons (Fsp3) is 1.00. The minimum absolute atomic E-state index is 0.831. The molecule has 1 rings (SSSR count). The van der Waals surface area contributed by atoms with E-state index >= 15 is 0 Å². The van der Waals surface area contributed by atoms with Crippen molar-refractivity contribution >= 4 is 28.1 Å². The van der Waals surface area contributed by atoms with Crippen LogP contribution >= 0.6 is 11.6 Å². The Bertz CT molecular complexity index is 179. The molecule has 0 aromatic rings. The molecule has 0 bridgehead atoms. The summed E-state index contributed by atoms with van der Waals surface area (Å²) < 4.78 is 2.94. The van der Waals surface area contributed by atoms with Crippen LogP contribution in [0.15, 0.2) is 0 Å². The van der Waals surface area contributed by atoms with Crippen molar-refractivity contribution in [3.05, 3.63) is 0 Å². The monoisotopic (exact) mass is 249 g/mol. The second kappa shape index (κ2) is 4.68. The molecule has 1 aliphatic heterocycles. The SMILES string of the molecule is C[Si]1(C)CC[Si](C)(C)N1CCCCCl. The third kappa shape index (κ3) is 2.84. The van der Waals surface area contributed by atoms with Crippen LogP contribution in [0, 0.1) is 0 Å². The predicted octanol–water partition coefficient (Wildman–Crippen LogP) is 3.73. The molecule has 1 heterocycles. The highest BCUT2D eigenvalue weighted by atomic mass is 35.5. The summed E-state index contributed by atoms with van der Waals surface area (Å²) in [7, 11) is -2.01. The van der Waals surface area contributed by atoms with Crippen molar-refractivity contribution in [3.8, 4) is 0 Å². The molecule has 0 aliphatic carbocycles. The largest absolute Gasteiger partial charge is 0.345 e. The molecule has 14 heavy (non-hydrogen) atoms. The highest BCUT2D eigenvalue weighted by molar-refractivity contribution is 6.95. The molecule has 0 aromatic carbocycles. The molecule has 0 aromatic heterocycles. The van der Waals surface area contributed by atoms with E-state index in [1.165, 1.54) is 31.5 Å². The molecule has 4 heteroatoms. The highest BCUT2D eigenvalue weighted by Gasteiger charge is 2.46. The smallest absolute Gasteiger partial charge is 0.115 e. The Morgan fingerprint density at radius 2 is 1.50 bits per heavy atom. The minimum Gasteiger partial charge on any atom is -0.345 e. The maximum absolute atomic E-state index is 5.73. The van der Waals surface area contributed by atoms with Gasteiger partial charge in [0, 0.05) is 5.88 Å². The molecule has 1 nitrogen and oxygen atoms in total. The van der Waals surface area contributed by atoms with Crippen LogP contribution in [-0.2, 0) is 0 Å². The van der Waals surface area contributed by atoms with Crippen LogP contribution in [0.5, 0.6) is 0 Å². The summed E-state index contributed by atoms with van der Waals surface area (Å²) in [4.78, 5) is 0. The first-order chi connectivity index (χ1) is 6.40. The van der Waals surface area contributed by atoms with Gasteiger partial charge >= 0.3 is 0 Å². The van der Waals surface area contributed by atoms with Crippen LogP contribution < -0.4 is 0 Å². The second-order valence-electron chi connectivity index (χ2n) is 5.67. The standard InChI is InChI=1S/C10H24ClNSi2/c1-13(2)9-10-14(3,4)12(13)8-6-5-7-11/h5-10H2,1-4H3. The van der Waals surface area contributed by atoms with Gasteiger partial charge in [0.1, 0.15) is 16.5 Å². The Labute approximate surface area is 96.0 Å². The summed E-state index contributed by atoms with van der Waals surface area (Å²) in [6.07, 6.45) is 2.49. The molecule has 0 radical (unpaired) electrons. The van der Waals surface area contributed by atoms with Gasteiger partial charge in [0.05, 0.1) is 0 Å². The van der Waals surface area contributed by atoms with Gasteiger partial charge in [-0.05, 0) is 31.5 Å². The molecular formula is C10H24ClNSi2. The Morgan fingerprint density at radius 3 is 1.93 bits per heavy atom. The van der Waals surface area contributed by atoms with E-state index in [0.717, 1.165) is 5.88 Å². The lowest BCUT2D eigenvalue weighted by molar-refractivity contribution is 0.584. The van der Waals surface area contributed by atoms with E-state index in [2.05, 4.69) is 30.4 Å². The molecule has 0 saturated carbocycles. The van der Waals surface area contributed by atoms with Gasteiger partial charge in [0.15, 0.2) is 0 Å². The van der Waals surface area contributed by atoms with Gasteiger partial charge in [-0.1, -0.05) is 26.2 Å². The summed E-state index contributed by atoms with van der Waals surface area (Å²) in [5.74, 6) is 0.831. The first kappa shape index (κ1) is 12.8. The fourth-order valence-electron chi connectivity index (χ4n) is 2.67. The molecule has 0 unspecified atom stereocenters. The van der Waals surface area contributed by atoms with E-state index in [1.54, 1.807) is 0 Å². The van der Waals surface area contributed by atoms with Crippen LogP contribution in [0.2, 0.25) is 38.3 Å². The summed E-state index contributed by atoms with van der Waals surface area (Å²) in [5, 5.41) is 0. The van der Waals surface area contributed by atoms with Crippen LogP contribution in [0.1, 0.15) is 12.8 Å². The molecule has 0 amide bonds. The quantitative estimate of drug-likeness (QED) is 0.417. The minimum atomic E-state index is -1.00. The third-order valence-electron chi connectivity index (χ3n) is 3.58. The number of unbranched alkanes of at least 4 members (excludes halogenated alkanes) is 1. The van der Waals surface area contributed by atoms with Crippen molar-refractivity contribution in [3.63, 3.8) is 0 Å². The molecule has 1 saturated heterocycles. The van der Waals surface area contributed by atoms with Gasteiger partial charge in [-0.2, -0.15) is 0 Å². The van der Waals surface area contributed by atoms with Gasteiger partial charge in [-0.3, -0.25) is 0 Å². The third-order valence-corrected chi connectivity index (χ3v) is 14.3. The molecule has 0 atom stereocenters. The van der Waals surface area contributed by atoms with Crippen molar-refractivity contribution in [2.24, 2.45) is 0 Å². The van der Waals surface area contributed by atoms with Gasteiger partial charge < -0.3 is 4.23 Å². The summed E-state index contributed by atoms with van der Waals surface area (Å²) in [6.45, 7) is 11.5. The van der Waals surface area contributed by atoms with Crippen LogP contribution in [-0.4, -0.2) is 33.1 Å². The molecular weight excluding hydrogens is 226 g/mol. The average molecular weight is 250 g/mol. The maximum Gasteiger partial charge on any atom is 0.115 e. The summed E-state index contributed by atoms with van der Waals surface area (Å²) in [6, 6.07) is 3.04. The topological polar surface area (TPSA) is 3.24 Å². The Balaban J connectivity index is 2.53. The normalized spacial score (nSPS) is 25.5. The van der Waals surface area contributed by atoms with Gasteiger partial charge in [-0.15, -0.1) is 11.6 Å². The summed E-state index contributed by atoms with van der Waals surface area (Å²) in [5.41, 5.74) is 0. The van der Waals surface area contributed by atoms with E-state index in [1.807, 2.05) is 0 Å². The number of rotatable bonds is 4. The second-order valence-corrected chi connectivity index (χ2v) is 15.8. The van der Waals surface area contributed by atoms with Gasteiger partial charge in [0.25, 0.3) is 0 Å². The van der Waals surface area contributed by atoms with Crippen LogP contribution in [0.4, 0.5) is 0 Å². The van der Waals surface area contributed by atoms with Crippen LogP contribution in [0.3, 0.4) is 0 Å². The Kier molecular flexibility index (Phi) is 4.26. The van der Waals surface area contributed by atoms with E-state index < -0.39 is 16.5 Å². The molecule has 1 fully saturated rings. The average Bonchev–Trinajstić information content (AvgIpc) is 2.27. The van der Waals surface area contributed by atoms with Crippen molar-refractivity contribution < 1.29 is 0 Å². The lowest BCUT2D eigenvalue weighted by atomic mass is 10.3.